The molecule has 1 N–H and O–H groups in total. The molecule has 3 aliphatic carbocycles. The van der Waals surface area contributed by atoms with Gasteiger partial charge in [-0.05, 0) is 49.1 Å². The van der Waals surface area contributed by atoms with Gasteiger partial charge in [0.1, 0.15) is 11.6 Å². The molecule has 1 aromatic carbocycles. The molecule has 2 heterocycles. The third-order valence-corrected chi connectivity index (χ3v) is 8.13. The summed E-state index contributed by atoms with van der Waals surface area (Å²) in [5.74, 6) is 3.69. The average Bonchev–Trinajstić information content (AvgIpc) is 3.06. The summed E-state index contributed by atoms with van der Waals surface area (Å²) in [5.41, 5.74) is 4.00. The summed E-state index contributed by atoms with van der Waals surface area (Å²) >= 11 is 0. The van der Waals surface area contributed by atoms with Crippen LogP contribution in [0.1, 0.15) is 54.3 Å². The zero-order valence-electron chi connectivity index (χ0n) is 19.6. The van der Waals surface area contributed by atoms with E-state index in [1.807, 2.05) is 31.2 Å². The molecule has 1 fully saturated rings. The zero-order valence-corrected chi connectivity index (χ0v) is 19.6. The number of aryl methyl sites for hydroxylation is 1. The van der Waals surface area contributed by atoms with Gasteiger partial charge < -0.3 is 9.88 Å². The third-order valence-electron chi connectivity index (χ3n) is 8.13. The Labute approximate surface area is 191 Å². The average molecular weight is 434 g/mol. The minimum Gasteiger partial charge on any atom is -0.352 e. The molecule has 6 heteroatoms. The van der Waals surface area contributed by atoms with Gasteiger partial charge in [0.15, 0.2) is 0 Å². The summed E-state index contributed by atoms with van der Waals surface area (Å²) in [7, 11) is 0. The van der Waals surface area contributed by atoms with Crippen LogP contribution in [-0.2, 0) is 19.4 Å². The molecule has 1 aliphatic heterocycles. The lowest BCUT2D eigenvalue weighted by Gasteiger charge is -2.57. The van der Waals surface area contributed by atoms with Crippen molar-refractivity contribution in [1.82, 2.24) is 25.0 Å². The quantitative estimate of drug-likeness (QED) is 0.709. The lowest BCUT2D eigenvalue weighted by Crippen LogP contribution is -2.50. The standard InChI is InChI=1S/C26H35N5O/c1-18-4-6-19(7-5-18)25(32)27-12-10-23-28-29-24-11-13-30(14-15-31(23)24)17-20-8-9-21-16-22(20)26(21,2)3/h4-8,21-22H,9-17H2,1-3H3,(H,27,32)/t21-,22-/m0/s1. The fourth-order valence-corrected chi connectivity index (χ4v) is 5.78. The van der Waals surface area contributed by atoms with E-state index in [4.69, 9.17) is 0 Å². The molecule has 170 valence electrons. The number of carbonyl (C=O) groups is 1. The van der Waals surface area contributed by atoms with E-state index in [1.54, 1.807) is 5.57 Å². The second kappa shape index (κ2) is 8.47. The van der Waals surface area contributed by atoms with Gasteiger partial charge in [0, 0.05) is 51.1 Å². The summed E-state index contributed by atoms with van der Waals surface area (Å²) in [6.45, 7) is 11.6. The number of hydrogen-bond donors (Lipinski definition) is 1. The van der Waals surface area contributed by atoms with Gasteiger partial charge in [-0.2, -0.15) is 0 Å². The molecular formula is C26H35N5O. The van der Waals surface area contributed by atoms with Crippen molar-refractivity contribution in [2.45, 2.75) is 53.0 Å². The van der Waals surface area contributed by atoms with Crippen molar-refractivity contribution in [1.29, 1.82) is 0 Å². The maximum absolute atomic E-state index is 12.4. The fourth-order valence-electron chi connectivity index (χ4n) is 5.78. The molecular weight excluding hydrogens is 398 g/mol. The molecule has 32 heavy (non-hydrogen) atoms. The molecule has 2 aromatic rings. The maximum atomic E-state index is 12.4. The van der Waals surface area contributed by atoms with Crippen LogP contribution in [0.4, 0.5) is 0 Å². The van der Waals surface area contributed by atoms with E-state index >= 15 is 0 Å². The van der Waals surface area contributed by atoms with Crippen molar-refractivity contribution in [3.63, 3.8) is 0 Å². The molecule has 6 rings (SSSR count). The van der Waals surface area contributed by atoms with E-state index < -0.39 is 0 Å². The summed E-state index contributed by atoms with van der Waals surface area (Å²) in [6.07, 6.45) is 6.81. The van der Waals surface area contributed by atoms with Crippen molar-refractivity contribution in [2.75, 3.05) is 26.2 Å². The molecule has 6 nitrogen and oxygen atoms in total. The molecule has 0 unspecified atom stereocenters. The number of nitrogens with one attached hydrogen (secondary N) is 1. The number of rotatable bonds is 6. The second-order valence-corrected chi connectivity index (χ2v) is 10.4. The Kier molecular flexibility index (Phi) is 5.66. The number of amides is 1. The van der Waals surface area contributed by atoms with Crippen LogP contribution in [0.25, 0.3) is 0 Å². The number of fused-ring (bicyclic) bond motifs is 2. The van der Waals surface area contributed by atoms with Crippen molar-refractivity contribution >= 4 is 5.91 Å². The number of nitrogens with zero attached hydrogens (tertiary/aromatic N) is 4. The van der Waals surface area contributed by atoms with Crippen molar-refractivity contribution in [3.8, 4) is 0 Å². The maximum Gasteiger partial charge on any atom is 0.251 e. The van der Waals surface area contributed by atoms with Gasteiger partial charge in [-0.1, -0.05) is 43.2 Å². The van der Waals surface area contributed by atoms with E-state index in [0.717, 1.165) is 61.6 Å². The van der Waals surface area contributed by atoms with E-state index in [0.29, 0.717) is 23.9 Å². The minimum atomic E-state index is -0.0336. The van der Waals surface area contributed by atoms with Crippen LogP contribution in [0.15, 0.2) is 35.9 Å². The molecule has 1 aromatic heterocycles. The molecule has 2 atom stereocenters. The number of hydrogen-bond acceptors (Lipinski definition) is 4. The minimum absolute atomic E-state index is 0.0336. The predicted octanol–water partition coefficient (Wildman–Crippen LogP) is 3.41. The van der Waals surface area contributed by atoms with Gasteiger partial charge in [-0.15, -0.1) is 10.2 Å². The monoisotopic (exact) mass is 433 g/mol. The van der Waals surface area contributed by atoms with Gasteiger partial charge in [0.25, 0.3) is 5.91 Å². The molecule has 0 saturated heterocycles. The first kappa shape index (κ1) is 21.4. The molecule has 0 spiro atoms. The Morgan fingerprint density at radius 3 is 2.72 bits per heavy atom. The Balaban J connectivity index is 1.15. The van der Waals surface area contributed by atoms with Crippen LogP contribution in [0.5, 0.6) is 0 Å². The lowest BCUT2D eigenvalue weighted by molar-refractivity contribution is -0.0106. The first-order valence-corrected chi connectivity index (χ1v) is 12.1. The first-order valence-electron chi connectivity index (χ1n) is 12.1. The highest BCUT2D eigenvalue weighted by molar-refractivity contribution is 5.94. The van der Waals surface area contributed by atoms with Crippen molar-refractivity contribution in [2.24, 2.45) is 17.3 Å². The second-order valence-electron chi connectivity index (χ2n) is 10.4. The lowest BCUT2D eigenvalue weighted by atomic mass is 9.49. The first-order chi connectivity index (χ1) is 15.4. The van der Waals surface area contributed by atoms with E-state index in [1.165, 1.54) is 12.8 Å². The van der Waals surface area contributed by atoms with Crippen molar-refractivity contribution < 1.29 is 4.79 Å². The van der Waals surface area contributed by atoms with Crippen molar-refractivity contribution in [3.05, 3.63) is 58.7 Å². The van der Waals surface area contributed by atoms with E-state index in [-0.39, 0.29) is 5.91 Å². The summed E-state index contributed by atoms with van der Waals surface area (Å²) < 4.78 is 2.27. The smallest absolute Gasteiger partial charge is 0.251 e. The Hall–Kier alpha value is -2.47. The Bertz CT molecular complexity index is 1020. The molecule has 0 radical (unpaired) electrons. The highest BCUT2D eigenvalue weighted by Gasteiger charge is 2.51. The third kappa shape index (κ3) is 4.01. The predicted molar refractivity (Wildman–Crippen MR) is 125 cm³/mol. The van der Waals surface area contributed by atoms with E-state index in [9.17, 15) is 4.79 Å². The number of aromatic nitrogens is 3. The highest BCUT2D eigenvalue weighted by atomic mass is 16.1. The van der Waals surface area contributed by atoms with Gasteiger partial charge in [-0.3, -0.25) is 9.69 Å². The number of benzene rings is 1. The van der Waals surface area contributed by atoms with Crippen LogP contribution >= 0.6 is 0 Å². The fraction of sp³-hybridized carbons (Fsp3) is 0.577. The zero-order chi connectivity index (χ0) is 22.3. The van der Waals surface area contributed by atoms with Gasteiger partial charge >= 0.3 is 0 Å². The topological polar surface area (TPSA) is 63.1 Å². The summed E-state index contributed by atoms with van der Waals surface area (Å²) in [4.78, 5) is 15.0. The van der Waals surface area contributed by atoms with Crippen LogP contribution in [0.2, 0.25) is 0 Å². The van der Waals surface area contributed by atoms with Crippen LogP contribution in [-0.4, -0.2) is 51.8 Å². The summed E-state index contributed by atoms with van der Waals surface area (Å²) in [5, 5.41) is 11.9. The summed E-state index contributed by atoms with van der Waals surface area (Å²) in [6, 6.07) is 7.67. The molecule has 1 amide bonds. The Morgan fingerprint density at radius 2 is 1.97 bits per heavy atom. The normalized spacial score (nSPS) is 24.2. The molecule has 4 aliphatic rings. The molecule has 2 bridgehead atoms. The van der Waals surface area contributed by atoms with Gasteiger partial charge in [-0.25, -0.2) is 0 Å². The molecule has 1 saturated carbocycles. The van der Waals surface area contributed by atoms with Gasteiger partial charge in [0.05, 0.1) is 0 Å². The number of allylic oxidation sites excluding steroid dienone is 1. The SMILES string of the molecule is Cc1ccc(C(=O)NCCc2nnc3n2CCN(CC2=CC[C@H]4C[C@@H]2C4(C)C)CC3)cc1. The van der Waals surface area contributed by atoms with Crippen LogP contribution in [0.3, 0.4) is 0 Å². The van der Waals surface area contributed by atoms with E-state index in [2.05, 4.69) is 44.9 Å². The number of carbonyl (C=O) groups excluding carboxylic acids is 1. The highest BCUT2D eigenvalue weighted by Crippen LogP contribution is 2.59. The largest absolute Gasteiger partial charge is 0.352 e. The van der Waals surface area contributed by atoms with Crippen LogP contribution in [0, 0.1) is 24.2 Å². The van der Waals surface area contributed by atoms with Crippen LogP contribution < -0.4 is 5.32 Å². The Morgan fingerprint density at radius 1 is 1.16 bits per heavy atom. The van der Waals surface area contributed by atoms with Gasteiger partial charge in [0.2, 0.25) is 0 Å².